The number of aromatic nitrogens is 2. The number of rotatable bonds is 5. The molecular weight excluding hydrogens is 320 g/mol. The zero-order valence-corrected chi connectivity index (χ0v) is 14.5. The van der Waals surface area contributed by atoms with E-state index in [9.17, 15) is 4.79 Å². The second-order valence-electron chi connectivity index (χ2n) is 7.08. The molecular formula is C18H26N4O3. The van der Waals surface area contributed by atoms with Crippen molar-refractivity contribution in [2.75, 3.05) is 37.7 Å². The van der Waals surface area contributed by atoms with Crippen molar-refractivity contribution in [1.29, 1.82) is 0 Å². The van der Waals surface area contributed by atoms with Crippen LogP contribution in [0.2, 0.25) is 0 Å². The van der Waals surface area contributed by atoms with E-state index >= 15 is 0 Å². The van der Waals surface area contributed by atoms with Gasteiger partial charge in [0, 0.05) is 32.0 Å². The minimum Gasteiger partial charge on any atom is -0.370 e. The van der Waals surface area contributed by atoms with Crippen molar-refractivity contribution in [2.45, 2.75) is 50.4 Å². The highest BCUT2D eigenvalue weighted by Crippen LogP contribution is 2.33. The minimum atomic E-state index is 0.0873. The van der Waals surface area contributed by atoms with Crippen molar-refractivity contribution >= 4 is 11.9 Å². The maximum atomic E-state index is 12.0. The minimum absolute atomic E-state index is 0.0873. The van der Waals surface area contributed by atoms with E-state index < -0.39 is 0 Å². The third kappa shape index (κ3) is 3.77. The zero-order valence-electron chi connectivity index (χ0n) is 14.5. The molecule has 3 saturated heterocycles. The summed E-state index contributed by atoms with van der Waals surface area (Å²) in [6, 6.07) is 2.19. The predicted molar refractivity (Wildman–Crippen MR) is 92.3 cm³/mol. The first-order valence-electron chi connectivity index (χ1n) is 9.36. The van der Waals surface area contributed by atoms with Gasteiger partial charge in [-0.15, -0.1) is 0 Å². The van der Waals surface area contributed by atoms with Gasteiger partial charge >= 0.3 is 0 Å². The smallest absolute Gasteiger partial charge is 0.248 e. The van der Waals surface area contributed by atoms with Crippen LogP contribution >= 0.6 is 0 Å². The Bertz CT molecular complexity index is 579. The summed E-state index contributed by atoms with van der Waals surface area (Å²) in [5, 5.41) is 0. The van der Waals surface area contributed by atoms with Crippen LogP contribution in [0.15, 0.2) is 18.5 Å². The van der Waals surface area contributed by atoms with Gasteiger partial charge in [-0.05, 0) is 38.2 Å². The van der Waals surface area contributed by atoms with Crippen molar-refractivity contribution in [1.82, 2.24) is 14.9 Å². The largest absolute Gasteiger partial charge is 0.370 e. The van der Waals surface area contributed by atoms with Gasteiger partial charge in [-0.2, -0.15) is 0 Å². The number of hydrogen-bond donors (Lipinski definition) is 0. The lowest BCUT2D eigenvalue weighted by molar-refractivity contribution is -0.138. The van der Waals surface area contributed by atoms with Gasteiger partial charge in [-0.25, -0.2) is 9.97 Å². The number of hydrogen-bond acceptors (Lipinski definition) is 6. The fourth-order valence-electron chi connectivity index (χ4n) is 4.14. The van der Waals surface area contributed by atoms with Crippen molar-refractivity contribution in [3.05, 3.63) is 18.5 Å². The summed E-state index contributed by atoms with van der Waals surface area (Å²) in [6.45, 7) is 3.37. The highest BCUT2D eigenvalue weighted by atomic mass is 16.5. The summed E-state index contributed by atoms with van der Waals surface area (Å²) < 4.78 is 11.9. The van der Waals surface area contributed by atoms with Crippen LogP contribution in [0.4, 0.5) is 5.95 Å². The molecule has 0 N–H and O–H groups in total. The zero-order chi connectivity index (χ0) is 17.1. The van der Waals surface area contributed by atoms with Gasteiger partial charge in [0.05, 0.1) is 24.9 Å². The van der Waals surface area contributed by atoms with Gasteiger partial charge in [0.25, 0.3) is 0 Å². The lowest BCUT2D eigenvalue weighted by Crippen LogP contribution is -2.44. The van der Waals surface area contributed by atoms with E-state index in [1.807, 2.05) is 11.0 Å². The Hall–Kier alpha value is -1.73. The van der Waals surface area contributed by atoms with E-state index in [4.69, 9.17) is 9.47 Å². The average Bonchev–Trinajstić information content (AvgIpc) is 3.32. The lowest BCUT2D eigenvalue weighted by Gasteiger charge is -2.35. The van der Waals surface area contributed by atoms with Crippen LogP contribution in [-0.4, -0.2) is 71.9 Å². The molecule has 4 rings (SSSR count). The number of amides is 1. The summed E-state index contributed by atoms with van der Waals surface area (Å²) in [7, 11) is 0. The van der Waals surface area contributed by atoms with Gasteiger partial charge in [-0.1, -0.05) is 0 Å². The molecule has 1 aromatic heterocycles. The van der Waals surface area contributed by atoms with E-state index in [-0.39, 0.29) is 24.7 Å². The maximum absolute atomic E-state index is 12.0. The van der Waals surface area contributed by atoms with Gasteiger partial charge in [0.2, 0.25) is 11.9 Å². The van der Waals surface area contributed by atoms with Crippen LogP contribution in [0, 0.1) is 0 Å². The highest BCUT2D eigenvalue weighted by Gasteiger charge is 2.40. The summed E-state index contributed by atoms with van der Waals surface area (Å²) in [4.78, 5) is 24.9. The quantitative estimate of drug-likeness (QED) is 0.799. The molecule has 1 aromatic rings. The number of ether oxygens (including phenoxy) is 2. The predicted octanol–water partition coefficient (Wildman–Crippen LogP) is 1.24. The summed E-state index contributed by atoms with van der Waals surface area (Å²) in [5.74, 6) is 0.906. The fraction of sp³-hybridized carbons (Fsp3) is 0.722. The molecule has 0 saturated carbocycles. The molecule has 3 atom stereocenters. The van der Waals surface area contributed by atoms with E-state index in [0.717, 1.165) is 57.7 Å². The first-order chi connectivity index (χ1) is 12.3. The third-order valence-electron chi connectivity index (χ3n) is 5.43. The van der Waals surface area contributed by atoms with Crippen molar-refractivity contribution in [2.24, 2.45) is 0 Å². The third-order valence-corrected chi connectivity index (χ3v) is 5.43. The maximum Gasteiger partial charge on any atom is 0.248 e. The molecule has 7 nitrogen and oxygen atoms in total. The Morgan fingerprint density at radius 1 is 1.16 bits per heavy atom. The monoisotopic (exact) mass is 346 g/mol. The van der Waals surface area contributed by atoms with E-state index in [2.05, 4.69) is 14.9 Å². The molecule has 1 unspecified atom stereocenters. The summed E-state index contributed by atoms with van der Waals surface area (Å²) in [5.41, 5.74) is 0. The Morgan fingerprint density at radius 3 is 2.76 bits per heavy atom. The van der Waals surface area contributed by atoms with Crippen LogP contribution in [0.5, 0.6) is 0 Å². The van der Waals surface area contributed by atoms with Gasteiger partial charge in [0.1, 0.15) is 6.61 Å². The second-order valence-corrected chi connectivity index (χ2v) is 7.08. The van der Waals surface area contributed by atoms with Crippen molar-refractivity contribution < 1.29 is 14.3 Å². The summed E-state index contributed by atoms with van der Waals surface area (Å²) >= 11 is 0. The van der Waals surface area contributed by atoms with Gasteiger partial charge < -0.3 is 19.3 Å². The number of likely N-dealkylation sites (tertiary alicyclic amines) is 1. The first-order valence-corrected chi connectivity index (χ1v) is 9.36. The molecule has 3 aliphatic rings. The molecule has 0 aromatic carbocycles. The topological polar surface area (TPSA) is 67.8 Å². The van der Waals surface area contributed by atoms with Crippen molar-refractivity contribution in [3.8, 4) is 0 Å². The van der Waals surface area contributed by atoms with Crippen LogP contribution in [0.25, 0.3) is 0 Å². The molecule has 0 radical (unpaired) electrons. The average molecular weight is 346 g/mol. The number of fused-ring (bicyclic) bond motifs is 1. The molecule has 25 heavy (non-hydrogen) atoms. The highest BCUT2D eigenvalue weighted by molar-refractivity contribution is 5.77. The van der Waals surface area contributed by atoms with Crippen LogP contribution in [0.1, 0.15) is 32.1 Å². The lowest BCUT2D eigenvalue weighted by atomic mass is 9.99. The molecule has 0 aliphatic carbocycles. The fourth-order valence-corrected chi connectivity index (χ4v) is 4.14. The van der Waals surface area contributed by atoms with Crippen molar-refractivity contribution in [3.63, 3.8) is 0 Å². The number of carbonyl (C=O) groups excluding carboxylic acids is 1. The molecule has 4 heterocycles. The number of carbonyl (C=O) groups is 1. The molecule has 7 heteroatoms. The van der Waals surface area contributed by atoms with Gasteiger partial charge in [-0.3, -0.25) is 4.79 Å². The van der Waals surface area contributed by atoms with Gasteiger partial charge in [0.15, 0.2) is 0 Å². The molecule has 1 amide bonds. The Labute approximate surface area is 148 Å². The normalized spacial score (nSPS) is 29.0. The molecule has 0 bridgehead atoms. The molecule has 0 spiro atoms. The standard InChI is InChI=1S/C18H26N4O3/c23-17(21-9-1-2-10-21)13-24-12-14-4-5-15-16(25-14)6-11-22(15)18-19-7-3-8-20-18/h3,7-8,14-16H,1-2,4-6,9-13H2/t14?,15-,16-/m1/s1. The molecule has 3 aliphatic heterocycles. The SMILES string of the molecule is O=C(COCC1CC[C@@H]2[C@@H](CCN2c2ncccn2)O1)N1CCCC1. The second kappa shape index (κ2) is 7.66. The van der Waals surface area contributed by atoms with E-state index in [1.165, 1.54) is 0 Å². The van der Waals surface area contributed by atoms with E-state index in [0.29, 0.717) is 12.6 Å². The number of anilines is 1. The Morgan fingerprint density at radius 2 is 1.96 bits per heavy atom. The Kier molecular flexibility index (Phi) is 5.12. The molecule has 3 fully saturated rings. The number of nitrogens with zero attached hydrogens (tertiary/aromatic N) is 4. The molecule has 136 valence electrons. The van der Waals surface area contributed by atoms with Crippen LogP contribution < -0.4 is 4.90 Å². The summed E-state index contributed by atoms with van der Waals surface area (Å²) in [6.07, 6.45) is 9.08. The van der Waals surface area contributed by atoms with Crippen LogP contribution in [0.3, 0.4) is 0 Å². The van der Waals surface area contributed by atoms with Crippen LogP contribution in [-0.2, 0) is 14.3 Å². The van der Waals surface area contributed by atoms with E-state index in [1.54, 1.807) is 12.4 Å². The Balaban J connectivity index is 1.23. The first kappa shape index (κ1) is 16.7.